The molecule has 0 aliphatic carbocycles. The summed E-state index contributed by atoms with van der Waals surface area (Å²) in [5.41, 5.74) is 0.125. The molecule has 0 aromatic carbocycles. The van der Waals surface area contributed by atoms with E-state index in [-0.39, 0.29) is 5.60 Å². The standard InChI is InChI=1S/C7H13O/c1-3-7(2)5-4-6-8-7/h1,3-6H2,2H3. The first-order chi connectivity index (χ1) is 3.77. The molecule has 47 valence electrons. The van der Waals surface area contributed by atoms with E-state index >= 15 is 0 Å². The van der Waals surface area contributed by atoms with Gasteiger partial charge in [0.05, 0.1) is 5.60 Å². The Kier molecular flexibility index (Phi) is 1.57. The summed E-state index contributed by atoms with van der Waals surface area (Å²) in [4.78, 5) is 0. The Balaban J connectivity index is 2.40. The van der Waals surface area contributed by atoms with Crippen molar-refractivity contribution in [2.45, 2.75) is 31.8 Å². The molecule has 0 aromatic heterocycles. The van der Waals surface area contributed by atoms with Crippen LogP contribution in [0.4, 0.5) is 0 Å². The average Bonchev–Trinajstić information content (AvgIpc) is 2.17. The van der Waals surface area contributed by atoms with Gasteiger partial charge in [-0.25, -0.2) is 0 Å². The van der Waals surface area contributed by atoms with E-state index in [4.69, 9.17) is 4.74 Å². The minimum Gasteiger partial charge on any atom is -0.375 e. The molecular weight excluding hydrogens is 100 g/mol. The van der Waals surface area contributed by atoms with Crippen LogP contribution in [-0.2, 0) is 4.74 Å². The molecule has 1 heterocycles. The highest BCUT2D eigenvalue weighted by Gasteiger charge is 2.26. The lowest BCUT2D eigenvalue weighted by molar-refractivity contribution is 0.0224. The van der Waals surface area contributed by atoms with E-state index in [9.17, 15) is 0 Å². The fraction of sp³-hybridized carbons (Fsp3) is 0.857. The van der Waals surface area contributed by atoms with E-state index in [2.05, 4.69) is 13.8 Å². The minimum atomic E-state index is 0.125. The molecule has 0 spiro atoms. The summed E-state index contributed by atoms with van der Waals surface area (Å²) in [6.07, 6.45) is 3.32. The second-order valence-electron chi connectivity index (χ2n) is 2.65. The first-order valence-electron chi connectivity index (χ1n) is 3.20. The van der Waals surface area contributed by atoms with E-state index < -0.39 is 0 Å². The molecule has 1 fully saturated rings. The predicted octanol–water partition coefficient (Wildman–Crippen LogP) is 1.78. The minimum absolute atomic E-state index is 0.125. The molecule has 1 radical (unpaired) electrons. The molecule has 0 saturated carbocycles. The Hall–Kier alpha value is -0.0400. The van der Waals surface area contributed by atoms with E-state index in [1.807, 2.05) is 0 Å². The molecule has 1 aliphatic heterocycles. The Labute approximate surface area is 51.0 Å². The Bertz CT molecular complexity index is 72.5. The molecule has 1 rings (SSSR count). The molecule has 1 aliphatic rings. The second kappa shape index (κ2) is 2.06. The van der Waals surface area contributed by atoms with Gasteiger partial charge in [0.2, 0.25) is 0 Å². The van der Waals surface area contributed by atoms with Gasteiger partial charge in [0.25, 0.3) is 0 Å². The lowest BCUT2D eigenvalue weighted by atomic mass is 10.0. The second-order valence-corrected chi connectivity index (χ2v) is 2.65. The zero-order valence-electron chi connectivity index (χ0n) is 5.44. The van der Waals surface area contributed by atoms with Crippen molar-refractivity contribution in [3.8, 4) is 0 Å². The van der Waals surface area contributed by atoms with Crippen LogP contribution in [0.3, 0.4) is 0 Å². The van der Waals surface area contributed by atoms with Crippen LogP contribution < -0.4 is 0 Å². The van der Waals surface area contributed by atoms with E-state index in [1.54, 1.807) is 0 Å². The SMILES string of the molecule is [CH2]CC1(C)CCCO1. The number of rotatable bonds is 1. The van der Waals surface area contributed by atoms with Crippen LogP contribution in [0.1, 0.15) is 26.2 Å². The van der Waals surface area contributed by atoms with Gasteiger partial charge in [0.15, 0.2) is 0 Å². The van der Waals surface area contributed by atoms with Crippen molar-refractivity contribution in [2.75, 3.05) is 6.61 Å². The lowest BCUT2D eigenvalue weighted by Gasteiger charge is -2.19. The maximum Gasteiger partial charge on any atom is 0.0655 e. The molecule has 1 saturated heterocycles. The quantitative estimate of drug-likeness (QED) is 0.503. The van der Waals surface area contributed by atoms with Gasteiger partial charge in [0, 0.05) is 6.61 Å². The summed E-state index contributed by atoms with van der Waals surface area (Å²) in [5, 5.41) is 0. The zero-order chi connectivity index (χ0) is 6.04. The van der Waals surface area contributed by atoms with Crippen molar-refractivity contribution in [1.29, 1.82) is 0 Å². The molecule has 8 heavy (non-hydrogen) atoms. The summed E-state index contributed by atoms with van der Waals surface area (Å²) in [5.74, 6) is 0. The van der Waals surface area contributed by atoms with Crippen LogP contribution >= 0.6 is 0 Å². The Morgan fingerprint density at radius 1 is 1.75 bits per heavy atom. The Morgan fingerprint density at radius 3 is 2.75 bits per heavy atom. The fourth-order valence-corrected chi connectivity index (χ4v) is 1.03. The molecular formula is C7H13O. The highest BCUT2D eigenvalue weighted by atomic mass is 16.5. The molecule has 0 bridgehead atoms. The molecule has 1 heteroatoms. The van der Waals surface area contributed by atoms with Gasteiger partial charge < -0.3 is 4.74 Å². The van der Waals surface area contributed by atoms with Gasteiger partial charge in [-0.15, -0.1) is 0 Å². The third-order valence-electron chi connectivity index (χ3n) is 1.83. The molecule has 1 atom stereocenters. The van der Waals surface area contributed by atoms with Gasteiger partial charge in [0.1, 0.15) is 0 Å². The van der Waals surface area contributed by atoms with Gasteiger partial charge in [-0.1, -0.05) is 6.92 Å². The van der Waals surface area contributed by atoms with Crippen molar-refractivity contribution in [3.63, 3.8) is 0 Å². The lowest BCUT2D eigenvalue weighted by Crippen LogP contribution is -2.20. The summed E-state index contributed by atoms with van der Waals surface area (Å²) < 4.78 is 5.43. The maximum atomic E-state index is 5.43. The monoisotopic (exact) mass is 113 g/mol. The van der Waals surface area contributed by atoms with Crippen LogP contribution in [-0.4, -0.2) is 12.2 Å². The van der Waals surface area contributed by atoms with Crippen LogP contribution in [0.25, 0.3) is 0 Å². The van der Waals surface area contributed by atoms with Crippen LogP contribution in [0.5, 0.6) is 0 Å². The fourth-order valence-electron chi connectivity index (χ4n) is 1.03. The van der Waals surface area contributed by atoms with E-state index in [0.29, 0.717) is 0 Å². The van der Waals surface area contributed by atoms with Gasteiger partial charge in [-0.05, 0) is 26.2 Å². The first-order valence-corrected chi connectivity index (χ1v) is 3.20. The topological polar surface area (TPSA) is 9.23 Å². The number of hydrogen-bond acceptors (Lipinski definition) is 1. The van der Waals surface area contributed by atoms with Crippen LogP contribution in [0.2, 0.25) is 0 Å². The van der Waals surface area contributed by atoms with E-state index in [1.165, 1.54) is 12.8 Å². The van der Waals surface area contributed by atoms with Gasteiger partial charge in [-0.2, -0.15) is 0 Å². The summed E-state index contributed by atoms with van der Waals surface area (Å²) in [7, 11) is 0. The summed E-state index contributed by atoms with van der Waals surface area (Å²) in [6.45, 7) is 6.88. The molecule has 1 nitrogen and oxygen atoms in total. The van der Waals surface area contributed by atoms with Crippen molar-refractivity contribution in [3.05, 3.63) is 6.92 Å². The third kappa shape index (κ3) is 1.03. The first kappa shape index (κ1) is 6.09. The van der Waals surface area contributed by atoms with Gasteiger partial charge in [-0.3, -0.25) is 0 Å². The van der Waals surface area contributed by atoms with Crippen molar-refractivity contribution >= 4 is 0 Å². The van der Waals surface area contributed by atoms with Gasteiger partial charge >= 0.3 is 0 Å². The molecule has 0 N–H and O–H groups in total. The number of hydrogen-bond donors (Lipinski definition) is 0. The van der Waals surface area contributed by atoms with Crippen LogP contribution in [0, 0.1) is 6.92 Å². The van der Waals surface area contributed by atoms with Crippen LogP contribution in [0.15, 0.2) is 0 Å². The zero-order valence-corrected chi connectivity index (χ0v) is 5.44. The Morgan fingerprint density at radius 2 is 2.50 bits per heavy atom. The normalized spacial score (nSPS) is 38.2. The number of ether oxygens (including phenoxy) is 1. The smallest absolute Gasteiger partial charge is 0.0655 e. The predicted molar refractivity (Wildman–Crippen MR) is 33.6 cm³/mol. The molecule has 0 aromatic rings. The third-order valence-corrected chi connectivity index (χ3v) is 1.83. The largest absolute Gasteiger partial charge is 0.375 e. The highest BCUT2D eigenvalue weighted by Crippen LogP contribution is 2.27. The maximum absolute atomic E-state index is 5.43. The molecule has 0 amide bonds. The van der Waals surface area contributed by atoms with Crippen molar-refractivity contribution < 1.29 is 4.74 Å². The van der Waals surface area contributed by atoms with E-state index in [0.717, 1.165) is 13.0 Å². The average molecular weight is 113 g/mol. The highest BCUT2D eigenvalue weighted by molar-refractivity contribution is 4.80. The molecule has 1 unspecified atom stereocenters. The summed E-state index contributed by atoms with van der Waals surface area (Å²) in [6, 6.07) is 0. The van der Waals surface area contributed by atoms with Crippen molar-refractivity contribution in [2.24, 2.45) is 0 Å². The van der Waals surface area contributed by atoms with Crippen molar-refractivity contribution in [1.82, 2.24) is 0 Å². The summed E-state index contributed by atoms with van der Waals surface area (Å²) >= 11 is 0.